The highest BCUT2D eigenvalue weighted by molar-refractivity contribution is 7.09. The van der Waals surface area contributed by atoms with E-state index in [-0.39, 0.29) is 0 Å². The van der Waals surface area contributed by atoms with Crippen molar-refractivity contribution >= 4 is 11.3 Å². The van der Waals surface area contributed by atoms with Gasteiger partial charge in [0.15, 0.2) is 0 Å². The van der Waals surface area contributed by atoms with E-state index < -0.39 is 0 Å². The van der Waals surface area contributed by atoms with Crippen molar-refractivity contribution in [3.8, 4) is 0 Å². The van der Waals surface area contributed by atoms with Crippen LogP contribution in [0.15, 0.2) is 17.8 Å². The van der Waals surface area contributed by atoms with Gasteiger partial charge in [-0.15, -0.1) is 11.3 Å². The molecule has 0 aliphatic rings. The Balaban J connectivity index is 1.98. The van der Waals surface area contributed by atoms with Crippen molar-refractivity contribution in [1.29, 1.82) is 0 Å². The van der Waals surface area contributed by atoms with Gasteiger partial charge in [-0.1, -0.05) is 6.92 Å². The van der Waals surface area contributed by atoms with E-state index in [1.54, 1.807) is 11.3 Å². The predicted octanol–water partition coefficient (Wildman–Crippen LogP) is 2.20. The first-order valence-electron chi connectivity index (χ1n) is 5.91. The number of aryl methyl sites for hydroxylation is 1. The van der Waals surface area contributed by atoms with Crippen molar-refractivity contribution in [2.75, 3.05) is 6.54 Å². The van der Waals surface area contributed by atoms with Gasteiger partial charge >= 0.3 is 0 Å². The van der Waals surface area contributed by atoms with Gasteiger partial charge in [-0.05, 0) is 19.9 Å². The molecule has 0 aromatic carbocycles. The number of rotatable bonds is 6. The van der Waals surface area contributed by atoms with E-state index in [2.05, 4.69) is 35.4 Å². The number of hydrogen-bond acceptors (Lipinski definition) is 4. The normalized spacial score (nSPS) is 10.9. The monoisotopic (exact) mass is 250 g/mol. The zero-order chi connectivity index (χ0) is 12.1. The Labute approximate surface area is 106 Å². The van der Waals surface area contributed by atoms with E-state index in [0.717, 1.165) is 36.8 Å². The van der Waals surface area contributed by atoms with E-state index in [9.17, 15) is 0 Å². The summed E-state index contributed by atoms with van der Waals surface area (Å²) in [5.41, 5.74) is 2.38. The van der Waals surface area contributed by atoms with E-state index in [1.165, 1.54) is 5.56 Å². The average molecular weight is 250 g/mol. The van der Waals surface area contributed by atoms with Gasteiger partial charge in [0, 0.05) is 29.9 Å². The summed E-state index contributed by atoms with van der Waals surface area (Å²) in [6.07, 6.45) is 5.10. The maximum Gasteiger partial charge on any atom is 0.114 e. The van der Waals surface area contributed by atoms with Crippen LogP contribution in [0, 0.1) is 6.92 Å². The van der Waals surface area contributed by atoms with Gasteiger partial charge in [-0.2, -0.15) is 5.10 Å². The summed E-state index contributed by atoms with van der Waals surface area (Å²) in [7, 11) is 0. The van der Waals surface area contributed by atoms with Gasteiger partial charge in [-0.3, -0.25) is 4.68 Å². The first-order chi connectivity index (χ1) is 8.29. The van der Waals surface area contributed by atoms with Crippen LogP contribution in [0.1, 0.15) is 29.6 Å². The Kier molecular flexibility index (Phi) is 4.28. The van der Waals surface area contributed by atoms with Crippen LogP contribution in [-0.2, 0) is 13.1 Å². The lowest BCUT2D eigenvalue weighted by atomic mass is 10.2. The van der Waals surface area contributed by atoms with Crippen molar-refractivity contribution in [1.82, 2.24) is 20.1 Å². The van der Waals surface area contributed by atoms with Crippen LogP contribution in [-0.4, -0.2) is 21.3 Å². The molecule has 0 atom stereocenters. The van der Waals surface area contributed by atoms with Gasteiger partial charge in [0.1, 0.15) is 5.01 Å². The minimum atomic E-state index is 0.770. The van der Waals surface area contributed by atoms with Gasteiger partial charge in [0.25, 0.3) is 0 Å². The zero-order valence-electron chi connectivity index (χ0n) is 10.3. The number of thiazole rings is 1. The Hall–Kier alpha value is -1.20. The average Bonchev–Trinajstić information content (AvgIpc) is 2.91. The van der Waals surface area contributed by atoms with E-state index in [0.29, 0.717) is 0 Å². The van der Waals surface area contributed by atoms with Crippen LogP contribution in [0.5, 0.6) is 0 Å². The summed E-state index contributed by atoms with van der Waals surface area (Å²) < 4.78 is 1.97. The lowest BCUT2D eigenvalue weighted by Gasteiger charge is -2.00. The standard InChI is InChI=1S/C12H18N4S/c1-3-4-13-7-11-8-16(15-10(11)2)9-12-14-5-6-17-12/h5-6,8,13H,3-4,7,9H2,1-2H3. The van der Waals surface area contributed by atoms with Crippen LogP contribution in [0.25, 0.3) is 0 Å². The molecule has 0 unspecified atom stereocenters. The summed E-state index contributed by atoms with van der Waals surface area (Å²) >= 11 is 1.67. The molecule has 2 aromatic heterocycles. The Bertz CT molecular complexity index is 447. The number of hydrogen-bond donors (Lipinski definition) is 1. The fourth-order valence-corrected chi connectivity index (χ4v) is 2.29. The molecule has 92 valence electrons. The van der Waals surface area contributed by atoms with Gasteiger partial charge in [0.2, 0.25) is 0 Å². The molecule has 17 heavy (non-hydrogen) atoms. The largest absolute Gasteiger partial charge is 0.313 e. The van der Waals surface area contributed by atoms with Crippen LogP contribution in [0.3, 0.4) is 0 Å². The lowest BCUT2D eigenvalue weighted by molar-refractivity contribution is 0.667. The van der Waals surface area contributed by atoms with Crippen LogP contribution >= 0.6 is 11.3 Å². The van der Waals surface area contributed by atoms with Gasteiger partial charge in [0.05, 0.1) is 12.2 Å². The summed E-state index contributed by atoms with van der Waals surface area (Å²) in [4.78, 5) is 4.27. The van der Waals surface area contributed by atoms with Crippen molar-refractivity contribution < 1.29 is 0 Å². The molecular weight excluding hydrogens is 232 g/mol. The molecule has 0 saturated heterocycles. The topological polar surface area (TPSA) is 42.7 Å². The second-order valence-electron chi connectivity index (χ2n) is 4.04. The van der Waals surface area contributed by atoms with Crippen molar-refractivity contribution in [3.63, 3.8) is 0 Å². The lowest BCUT2D eigenvalue weighted by Crippen LogP contribution is -2.13. The molecule has 2 rings (SSSR count). The number of aromatic nitrogens is 3. The maximum atomic E-state index is 4.51. The molecule has 0 spiro atoms. The van der Waals surface area contributed by atoms with Crippen LogP contribution in [0.2, 0.25) is 0 Å². The molecular formula is C12H18N4S. The quantitative estimate of drug-likeness (QED) is 0.799. The summed E-state index contributed by atoms with van der Waals surface area (Å²) in [6.45, 7) is 6.95. The summed E-state index contributed by atoms with van der Waals surface area (Å²) in [5, 5.41) is 11.0. The van der Waals surface area contributed by atoms with Crippen LogP contribution in [0.4, 0.5) is 0 Å². The Morgan fingerprint density at radius 1 is 1.47 bits per heavy atom. The smallest absolute Gasteiger partial charge is 0.114 e. The fraction of sp³-hybridized carbons (Fsp3) is 0.500. The molecule has 0 aliphatic carbocycles. The molecule has 2 heterocycles. The highest BCUT2D eigenvalue weighted by atomic mass is 32.1. The zero-order valence-corrected chi connectivity index (χ0v) is 11.1. The van der Waals surface area contributed by atoms with Crippen molar-refractivity contribution in [2.45, 2.75) is 33.4 Å². The molecule has 0 bridgehead atoms. The molecule has 5 heteroatoms. The van der Waals surface area contributed by atoms with Gasteiger partial charge < -0.3 is 5.32 Å². The summed E-state index contributed by atoms with van der Waals surface area (Å²) in [6, 6.07) is 0. The third-order valence-corrected chi connectivity index (χ3v) is 3.34. The first kappa shape index (κ1) is 12.3. The minimum Gasteiger partial charge on any atom is -0.313 e. The second kappa shape index (κ2) is 5.93. The molecule has 0 radical (unpaired) electrons. The summed E-state index contributed by atoms with van der Waals surface area (Å²) in [5.74, 6) is 0. The van der Waals surface area contributed by atoms with E-state index in [1.807, 2.05) is 16.3 Å². The third kappa shape index (κ3) is 3.38. The van der Waals surface area contributed by atoms with E-state index in [4.69, 9.17) is 0 Å². The molecule has 0 aliphatic heterocycles. The Morgan fingerprint density at radius 3 is 3.06 bits per heavy atom. The molecule has 0 saturated carbocycles. The second-order valence-corrected chi connectivity index (χ2v) is 5.02. The number of nitrogens with one attached hydrogen (secondary N) is 1. The highest BCUT2D eigenvalue weighted by Gasteiger charge is 2.05. The van der Waals surface area contributed by atoms with Crippen LogP contribution < -0.4 is 5.32 Å². The van der Waals surface area contributed by atoms with Crippen molar-refractivity contribution in [2.24, 2.45) is 0 Å². The number of nitrogens with zero attached hydrogens (tertiary/aromatic N) is 3. The van der Waals surface area contributed by atoms with Gasteiger partial charge in [-0.25, -0.2) is 4.98 Å². The van der Waals surface area contributed by atoms with Crippen molar-refractivity contribution in [3.05, 3.63) is 34.0 Å². The minimum absolute atomic E-state index is 0.770. The highest BCUT2D eigenvalue weighted by Crippen LogP contribution is 2.10. The first-order valence-corrected chi connectivity index (χ1v) is 6.79. The fourth-order valence-electron chi connectivity index (χ4n) is 1.68. The molecule has 0 amide bonds. The van der Waals surface area contributed by atoms with E-state index >= 15 is 0 Å². The molecule has 0 fully saturated rings. The SMILES string of the molecule is CCCNCc1cn(Cc2nccs2)nc1C. The predicted molar refractivity (Wildman–Crippen MR) is 70.2 cm³/mol. The Morgan fingerprint density at radius 2 is 2.35 bits per heavy atom. The molecule has 2 aromatic rings. The third-order valence-electron chi connectivity index (χ3n) is 2.57. The maximum absolute atomic E-state index is 4.51. The molecule has 4 nitrogen and oxygen atoms in total. The molecule has 1 N–H and O–H groups in total.